The van der Waals surface area contributed by atoms with Gasteiger partial charge in [0.05, 0.1) is 27.0 Å². The summed E-state index contributed by atoms with van der Waals surface area (Å²) in [6.45, 7) is 0.483. The average Bonchev–Trinajstić information content (AvgIpc) is 3.30. The van der Waals surface area contributed by atoms with Crippen LogP contribution in [0.3, 0.4) is 0 Å². The van der Waals surface area contributed by atoms with Crippen molar-refractivity contribution < 1.29 is 24.0 Å². The quantitative estimate of drug-likeness (QED) is 0.599. The Morgan fingerprint density at radius 3 is 2.48 bits per heavy atom. The summed E-state index contributed by atoms with van der Waals surface area (Å²) >= 11 is 0. The molecule has 1 fully saturated rings. The molecule has 7 heteroatoms. The Morgan fingerprint density at radius 2 is 1.87 bits per heavy atom. The number of methoxy groups -OCH3 is 2. The predicted octanol–water partition coefficient (Wildman–Crippen LogP) is -0.564. The molecule has 0 radical (unpaired) electrons. The lowest BCUT2D eigenvalue weighted by Crippen LogP contribution is -3.11. The summed E-state index contributed by atoms with van der Waals surface area (Å²) in [5.41, 5.74) is 0.577. The first-order valence-electron chi connectivity index (χ1n) is 7.64. The van der Waals surface area contributed by atoms with E-state index in [0.29, 0.717) is 23.2 Å². The van der Waals surface area contributed by atoms with Gasteiger partial charge in [-0.2, -0.15) is 0 Å². The molecular weight excluding hydrogens is 298 g/mol. The number of nitrogens with one attached hydrogen (secondary N) is 3. The van der Waals surface area contributed by atoms with Gasteiger partial charge in [-0.1, -0.05) is 0 Å². The zero-order valence-corrected chi connectivity index (χ0v) is 13.8. The van der Waals surface area contributed by atoms with Gasteiger partial charge < -0.3 is 25.0 Å². The van der Waals surface area contributed by atoms with Crippen molar-refractivity contribution in [3.05, 3.63) is 18.2 Å². The molecule has 1 aromatic rings. The molecule has 0 heterocycles. The number of likely N-dealkylation sites (N-methyl/N-ethyl adjacent to an activating group) is 1. The molecule has 2 rings (SSSR count). The van der Waals surface area contributed by atoms with Gasteiger partial charge >= 0.3 is 0 Å². The molecule has 1 atom stereocenters. The van der Waals surface area contributed by atoms with Crippen molar-refractivity contribution in [3.63, 3.8) is 0 Å². The van der Waals surface area contributed by atoms with Crippen LogP contribution in [-0.4, -0.2) is 52.2 Å². The zero-order chi connectivity index (χ0) is 16.8. The molecule has 0 aliphatic heterocycles. The number of quaternary nitrogens is 1. The summed E-state index contributed by atoms with van der Waals surface area (Å²) in [6, 6.07) is 5.52. The van der Waals surface area contributed by atoms with Gasteiger partial charge in [-0.25, -0.2) is 0 Å². The molecule has 2 amide bonds. The standard InChI is InChI=1S/C16H23N3O4/c1-19(9-15(20)17-11-4-5-11)10-16(21)18-13-7-6-12(22-2)8-14(13)23-3/h6-8,11H,4-5,9-10H2,1-3H3,(H,17,20)(H,18,21)/p+1. The number of hydrogen-bond acceptors (Lipinski definition) is 4. The lowest BCUT2D eigenvalue weighted by atomic mass is 10.2. The van der Waals surface area contributed by atoms with Crippen LogP contribution < -0.4 is 25.0 Å². The van der Waals surface area contributed by atoms with E-state index in [1.54, 1.807) is 25.3 Å². The summed E-state index contributed by atoms with van der Waals surface area (Å²) in [5.74, 6) is 0.992. The monoisotopic (exact) mass is 322 g/mol. The largest absolute Gasteiger partial charge is 0.497 e. The van der Waals surface area contributed by atoms with E-state index in [1.807, 2.05) is 7.05 Å². The second kappa shape index (κ2) is 7.82. The maximum absolute atomic E-state index is 12.1. The molecule has 1 unspecified atom stereocenters. The fraction of sp³-hybridized carbons (Fsp3) is 0.500. The Labute approximate surface area is 135 Å². The van der Waals surface area contributed by atoms with Crippen LogP contribution >= 0.6 is 0 Å². The van der Waals surface area contributed by atoms with Crippen LogP contribution in [0.25, 0.3) is 0 Å². The smallest absolute Gasteiger partial charge is 0.279 e. The van der Waals surface area contributed by atoms with E-state index in [9.17, 15) is 9.59 Å². The fourth-order valence-corrected chi connectivity index (χ4v) is 2.21. The Morgan fingerprint density at radius 1 is 1.17 bits per heavy atom. The second-order valence-corrected chi connectivity index (χ2v) is 5.77. The van der Waals surface area contributed by atoms with Crippen molar-refractivity contribution in [2.45, 2.75) is 18.9 Å². The van der Waals surface area contributed by atoms with Crippen LogP contribution in [-0.2, 0) is 9.59 Å². The van der Waals surface area contributed by atoms with Crippen LogP contribution in [0.4, 0.5) is 5.69 Å². The number of carbonyl (C=O) groups excluding carboxylic acids is 2. The molecular formula is C16H24N3O4+. The minimum Gasteiger partial charge on any atom is -0.497 e. The Bertz CT molecular complexity index is 572. The van der Waals surface area contributed by atoms with Gasteiger partial charge in [-0.3, -0.25) is 9.59 Å². The predicted molar refractivity (Wildman–Crippen MR) is 86.0 cm³/mol. The Hall–Kier alpha value is -2.28. The summed E-state index contributed by atoms with van der Waals surface area (Å²) in [6.07, 6.45) is 2.12. The fourth-order valence-electron chi connectivity index (χ4n) is 2.21. The van der Waals surface area contributed by atoms with Gasteiger partial charge in [0.1, 0.15) is 11.5 Å². The lowest BCUT2D eigenvalue weighted by molar-refractivity contribution is -0.862. The molecule has 0 spiro atoms. The maximum atomic E-state index is 12.1. The van der Waals surface area contributed by atoms with Crippen molar-refractivity contribution in [3.8, 4) is 11.5 Å². The third-order valence-electron chi connectivity index (χ3n) is 3.55. The van der Waals surface area contributed by atoms with Gasteiger partial charge in [0.15, 0.2) is 13.1 Å². The van der Waals surface area contributed by atoms with E-state index in [2.05, 4.69) is 10.6 Å². The molecule has 0 aromatic heterocycles. The minimum atomic E-state index is -0.176. The molecule has 1 aliphatic carbocycles. The lowest BCUT2D eigenvalue weighted by Gasteiger charge is -2.15. The van der Waals surface area contributed by atoms with Crippen LogP contribution in [0.5, 0.6) is 11.5 Å². The van der Waals surface area contributed by atoms with Gasteiger partial charge in [0.2, 0.25) is 0 Å². The summed E-state index contributed by atoms with van der Waals surface area (Å²) in [5, 5.41) is 5.71. The molecule has 3 N–H and O–H groups in total. The molecule has 126 valence electrons. The van der Waals surface area contributed by atoms with Gasteiger partial charge in [0, 0.05) is 12.1 Å². The summed E-state index contributed by atoms with van der Waals surface area (Å²) in [4.78, 5) is 24.7. The van der Waals surface area contributed by atoms with Crippen molar-refractivity contribution in [1.29, 1.82) is 0 Å². The highest BCUT2D eigenvalue weighted by atomic mass is 16.5. The number of benzene rings is 1. The molecule has 0 bridgehead atoms. The van der Waals surface area contributed by atoms with E-state index >= 15 is 0 Å². The molecule has 0 saturated heterocycles. The highest BCUT2D eigenvalue weighted by Gasteiger charge is 2.25. The normalized spacial score (nSPS) is 14.7. The van der Waals surface area contributed by atoms with E-state index in [1.165, 1.54) is 7.11 Å². The zero-order valence-electron chi connectivity index (χ0n) is 13.8. The average molecular weight is 322 g/mol. The van der Waals surface area contributed by atoms with Crippen LogP contribution in [0.1, 0.15) is 12.8 Å². The van der Waals surface area contributed by atoms with Crippen LogP contribution in [0.2, 0.25) is 0 Å². The Kier molecular flexibility index (Phi) is 5.81. The van der Waals surface area contributed by atoms with Crippen molar-refractivity contribution in [2.24, 2.45) is 0 Å². The first-order chi connectivity index (χ1) is 11.0. The van der Waals surface area contributed by atoms with Gasteiger partial charge in [-0.15, -0.1) is 0 Å². The van der Waals surface area contributed by atoms with E-state index in [0.717, 1.165) is 17.7 Å². The SMILES string of the molecule is COc1ccc(NC(=O)C[NH+](C)CC(=O)NC2CC2)c(OC)c1. The maximum Gasteiger partial charge on any atom is 0.279 e. The molecule has 1 saturated carbocycles. The number of carbonyl (C=O) groups is 2. The first kappa shape index (κ1) is 17.1. The van der Waals surface area contributed by atoms with Crippen LogP contribution in [0, 0.1) is 0 Å². The number of hydrogen-bond donors (Lipinski definition) is 3. The summed E-state index contributed by atoms with van der Waals surface area (Å²) in [7, 11) is 4.92. The molecule has 1 aromatic carbocycles. The highest BCUT2D eigenvalue weighted by molar-refractivity contribution is 5.93. The van der Waals surface area contributed by atoms with E-state index < -0.39 is 0 Å². The molecule has 23 heavy (non-hydrogen) atoms. The molecule has 1 aliphatic rings. The Balaban J connectivity index is 1.84. The number of anilines is 1. The number of ether oxygens (including phenoxy) is 2. The minimum absolute atomic E-state index is 0.0140. The highest BCUT2D eigenvalue weighted by Crippen LogP contribution is 2.28. The van der Waals surface area contributed by atoms with Crippen LogP contribution in [0.15, 0.2) is 18.2 Å². The number of rotatable bonds is 8. The molecule has 7 nitrogen and oxygen atoms in total. The topological polar surface area (TPSA) is 81.1 Å². The third-order valence-corrected chi connectivity index (χ3v) is 3.55. The first-order valence-corrected chi connectivity index (χ1v) is 7.64. The van der Waals surface area contributed by atoms with Crippen molar-refractivity contribution >= 4 is 17.5 Å². The van der Waals surface area contributed by atoms with Crippen molar-refractivity contribution in [2.75, 3.05) is 39.7 Å². The second-order valence-electron chi connectivity index (χ2n) is 5.77. The van der Waals surface area contributed by atoms with E-state index in [-0.39, 0.29) is 24.9 Å². The third kappa shape index (κ3) is 5.45. The van der Waals surface area contributed by atoms with Gasteiger partial charge in [-0.05, 0) is 25.0 Å². The number of amides is 2. The summed E-state index contributed by atoms with van der Waals surface area (Å²) < 4.78 is 10.4. The van der Waals surface area contributed by atoms with E-state index in [4.69, 9.17) is 9.47 Å². The van der Waals surface area contributed by atoms with Gasteiger partial charge in [0.25, 0.3) is 11.8 Å². The van der Waals surface area contributed by atoms with Crippen molar-refractivity contribution in [1.82, 2.24) is 5.32 Å².